The Morgan fingerprint density at radius 2 is 1.88 bits per heavy atom. The number of nitrogens with one attached hydrogen (secondary N) is 1. The van der Waals surface area contributed by atoms with Crippen LogP contribution in [0.5, 0.6) is 0 Å². The van der Waals surface area contributed by atoms with Gasteiger partial charge < -0.3 is 5.32 Å². The second-order valence-corrected chi connectivity index (χ2v) is 4.59. The molecule has 2 rings (SSSR count). The van der Waals surface area contributed by atoms with Crippen LogP contribution in [0.3, 0.4) is 0 Å². The Morgan fingerprint density at radius 3 is 2.53 bits per heavy atom. The van der Waals surface area contributed by atoms with Crippen molar-refractivity contribution in [1.82, 2.24) is 0 Å². The average Bonchev–Trinajstić information content (AvgIpc) is 2.37. The van der Waals surface area contributed by atoms with Gasteiger partial charge in [-0.2, -0.15) is 0 Å². The van der Waals surface area contributed by atoms with Crippen molar-refractivity contribution in [2.75, 3.05) is 11.6 Å². The average molecular weight is 247 g/mol. The van der Waals surface area contributed by atoms with E-state index in [-0.39, 0.29) is 5.82 Å². The largest absolute Gasteiger partial charge is 0.381 e. The van der Waals surface area contributed by atoms with Crippen molar-refractivity contribution >= 4 is 17.4 Å². The maximum Gasteiger partial charge on any atom is 0.123 e. The predicted molar refractivity (Wildman–Crippen MR) is 71.9 cm³/mol. The number of hydrogen-bond acceptors (Lipinski definition) is 2. The zero-order valence-corrected chi connectivity index (χ0v) is 10.4. The highest BCUT2D eigenvalue weighted by Gasteiger charge is 1.96. The lowest BCUT2D eigenvalue weighted by molar-refractivity contribution is 0.626. The number of thioether (sulfide) groups is 1. The Bertz CT molecular complexity index is 482. The van der Waals surface area contributed by atoms with Gasteiger partial charge in [-0.3, -0.25) is 0 Å². The smallest absolute Gasteiger partial charge is 0.123 e. The van der Waals surface area contributed by atoms with Crippen molar-refractivity contribution < 1.29 is 4.39 Å². The maximum atomic E-state index is 13.0. The lowest BCUT2D eigenvalue weighted by Crippen LogP contribution is -1.99. The van der Waals surface area contributed by atoms with E-state index in [2.05, 4.69) is 23.7 Å². The molecule has 2 aromatic carbocycles. The molecule has 0 aliphatic heterocycles. The highest BCUT2D eigenvalue weighted by Crippen LogP contribution is 2.18. The van der Waals surface area contributed by atoms with Crippen molar-refractivity contribution in [1.29, 1.82) is 0 Å². The molecule has 3 heteroatoms. The highest BCUT2D eigenvalue weighted by molar-refractivity contribution is 7.98. The van der Waals surface area contributed by atoms with Crippen LogP contribution in [0, 0.1) is 5.82 Å². The molecule has 0 aliphatic carbocycles. The molecule has 0 saturated heterocycles. The summed E-state index contributed by atoms with van der Waals surface area (Å²) in [5, 5.41) is 3.26. The first-order chi connectivity index (χ1) is 8.28. The van der Waals surface area contributed by atoms with Crippen LogP contribution >= 0.6 is 11.8 Å². The van der Waals surface area contributed by atoms with E-state index in [1.165, 1.54) is 11.0 Å². The zero-order valence-electron chi connectivity index (χ0n) is 9.61. The van der Waals surface area contributed by atoms with Crippen molar-refractivity contribution in [3.63, 3.8) is 0 Å². The minimum absolute atomic E-state index is 0.193. The van der Waals surface area contributed by atoms with Crippen LogP contribution in [0.25, 0.3) is 0 Å². The first-order valence-corrected chi connectivity index (χ1v) is 6.63. The van der Waals surface area contributed by atoms with Gasteiger partial charge in [0, 0.05) is 17.1 Å². The number of halogens is 1. The fraction of sp³-hybridized carbons (Fsp3) is 0.143. The Morgan fingerprint density at radius 1 is 1.12 bits per heavy atom. The normalized spacial score (nSPS) is 10.2. The molecule has 0 fully saturated rings. The number of rotatable bonds is 4. The van der Waals surface area contributed by atoms with Crippen molar-refractivity contribution in [3.05, 3.63) is 59.9 Å². The van der Waals surface area contributed by atoms with Crippen LogP contribution in [0.2, 0.25) is 0 Å². The molecular weight excluding hydrogens is 233 g/mol. The molecule has 0 heterocycles. The van der Waals surface area contributed by atoms with Crippen molar-refractivity contribution in [3.8, 4) is 0 Å². The fourth-order valence-electron chi connectivity index (χ4n) is 1.56. The summed E-state index contributed by atoms with van der Waals surface area (Å²) >= 11 is 1.72. The van der Waals surface area contributed by atoms with Gasteiger partial charge in [-0.05, 0) is 48.2 Å². The summed E-state index contributed by atoms with van der Waals surface area (Å²) in [6.07, 6.45) is 2.05. The SMILES string of the molecule is CSc1ccc(NCc2cccc(F)c2)cc1. The third-order valence-corrected chi connectivity index (χ3v) is 3.22. The molecule has 0 aliphatic rings. The van der Waals surface area contributed by atoms with Crippen LogP contribution in [0.1, 0.15) is 5.56 Å². The van der Waals surface area contributed by atoms with E-state index in [0.29, 0.717) is 6.54 Å². The Kier molecular flexibility index (Phi) is 4.04. The Hall–Kier alpha value is -1.48. The van der Waals surface area contributed by atoms with Crippen molar-refractivity contribution in [2.24, 2.45) is 0 Å². The molecule has 1 nitrogen and oxygen atoms in total. The molecule has 0 atom stereocenters. The molecule has 0 amide bonds. The molecule has 0 aromatic heterocycles. The monoisotopic (exact) mass is 247 g/mol. The standard InChI is InChI=1S/C14H14FNS/c1-17-14-7-5-13(6-8-14)16-10-11-3-2-4-12(15)9-11/h2-9,16H,10H2,1H3. The Balaban J connectivity index is 1.97. The molecule has 1 N–H and O–H groups in total. The summed E-state index contributed by atoms with van der Waals surface area (Å²) in [4.78, 5) is 1.24. The van der Waals surface area contributed by atoms with E-state index in [9.17, 15) is 4.39 Å². The van der Waals surface area contributed by atoms with E-state index in [4.69, 9.17) is 0 Å². The first kappa shape index (κ1) is 12.0. The van der Waals surface area contributed by atoms with E-state index < -0.39 is 0 Å². The van der Waals surface area contributed by atoms with Crippen LogP contribution in [0.15, 0.2) is 53.4 Å². The number of benzene rings is 2. The summed E-state index contributed by atoms with van der Waals surface area (Å²) < 4.78 is 13.0. The van der Waals surface area contributed by atoms with Crippen LogP contribution < -0.4 is 5.32 Å². The van der Waals surface area contributed by atoms with Gasteiger partial charge in [0.15, 0.2) is 0 Å². The van der Waals surface area contributed by atoms with Gasteiger partial charge >= 0.3 is 0 Å². The highest BCUT2D eigenvalue weighted by atomic mass is 32.2. The van der Waals surface area contributed by atoms with Gasteiger partial charge in [-0.1, -0.05) is 12.1 Å². The van der Waals surface area contributed by atoms with Gasteiger partial charge in [0.25, 0.3) is 0 Å². The van der Waals surface area contributed by atoms with Crippen LogP contribution in [-0.4, -0.2) is 6.26 Å². The molecule has 0 radical (unpaired) electrons. The lowest BCUT2D eigenvalue weighted by Gasteiger charge is -2.07. The predicted octanol–water partition coefficient (Wildman–Crippen LogP) is 4.16. The van der Waals surface area contributed by atoms with Crippen molar-refractivity contribution in [2.45, 2.75) is 11.4 Å². The summed E-state index contributed by atoms with van der Waals surface area (Å²) in [6.45, 7) is 0.635. The molecule has 0 bridgehead atoms. The molecule has 0 unspecified atom stereocenters. The van der Waals surface area contributed by atoms with Gasteiger partial charge in [-0.25, -0.2) is 4.39 Å². The quantitative estimate of drug-likeness (QED) is 0.814. The van der Waals surface area contributed by atoms with Crippen LogP contribution in [-0.2, 0) is 6.54 Å². The minimum Gasteiger partial charge on any atom is -0.381 e. The zero-order chi connectivity index (χ0) is 12.1. The first-order valence-electron chi connectivity index (χ1n) is 5.40. The summed E-state index contributed by atoms with van der Waals surface area (Å²) in [6, 6.07) is 14.8. The topological polar surface area (TPSA) is 12.0 Å². The molecule has 2 aromatic rings. The molecule has 0 spiro atoms. The third-order valence-electron chi connectivity index (χ3n) is 2.48. The van der Waals surface area contributed by atoms with E-state index in [0.717, 1.165) is 11.3 Å². The number of anilines is 1. The lowest BCUT2D eigenvalue weighted by atomic mass is 10.2. The van der Waals surface area contributed by atoms with Gasteiger partial charge in [-0.15, -0.1) is 11.8 Å². The Labute approximate surface area is 105 Å². The fourth-order valence-corrected chi connectivity index (χ4v) is 1.97. The third kappa shape index (κ3) is 3.49. The maximum absolute atomic E-state index is 13.0. The molecule has 0 saturated carbocycles. The van der Waals surface area contributed by atoms with E-state index in [1.54, 1.807) is 23.9 Å². The summed E-state index contributed by atoms with van der Waals surface area (Å²) in [5.41, 5.74) is 1.99. The van der Waals surface area contributed by atoms with Crippen LogP contribution in [0.4, 0.5) is 10.1 Å². The second kappa shape index (κ2) is 5.73. The van der Waals surface area contributed by atoms with E-state index >= 15 is 0 Å². The summed E-state index contributed by atoms with van der Waals surface area (Å²) in [5.74, 6) is -0.193. The van der Waals surface area contributed by atoms with Gasteiger partial charge in [0.1, 0.15) is 5.82 Å². The molecule has 17 heavy (non-hydrogen) atoms. The summed E-state index contributed by atoms with van der Waals surface area (Å²) in [7, 11) is 0. The molecular formula is C14H14FNS. The minimum atomic E-state index is -0.193. The van der Waals surface area contributed by atoms with E-state index in [1.807, 2.05) is 18.2 Å². The van der Waals surface area contributed by atoms with Gasteiger partial charge in [0.05, 0.1) is 0 Å². The number of hydrogen-bond donors (Lipinski definition) is 1. The van der Waals surface area contributed by atoms with Gasteiger partial charge in [0.2, 0.25) is 0 Å². The molecule has 88 valence electrons. The second-order valence-electron chi connectivity index (χ2n) is 3.71.